The predicted octanol–water partition coefficient (Wildman–Crippen LogP) is 20.3. The van der Waals surface area contributed by atoms with Gasteiger partial charge in [-0.1, -0.05) is 163 Å². The predicted molar refractivity (Wildman–Crippen MR) is 335 cm³/mol. The largest absolute Gasteiger partial charge is 0.309 e. The zero-order valence-electron chi connectivity index (χ0n) is 45.4. The summed E-state index contributed by atoms with van der Waals surface area (Å²) >= 11 is 0. The number of aryl methyl sites for hydroxylation is 1. The van der Waals surface area contributed by atoms with Gasteiger partial charge in [0.1, 0.15) is 0 Å². The molecule has 0 aliphatic rings. The fourth-order valence-corrected chi connectivity index (χ4v) is 11.9. The van der Waals surface area contributed by atoms with Crippen LogP contribution in [0.15, 0.2) is 249 Å². The number of pyridine rings is 1. The lowest BCUT2D eigenvalue weighted by atomic mass is 10.0. The molecule has 78 heavy (non-hydrogen) atoms. The van der Waals surface area contributed by atoms with E-state index in [1.165, 1.54) is 54.4 Å². The standard InChI is InChI=1S/C66H44N6.3C2H6/c1-43-34-37-61-64(65-62(33-18-40-67-65)71(61)48-36-39-58-53(42-48)50-26-12-15-29-55(50)69(58)45-21-7-3-8-22-45)66(43)72(46-23-9-4-10-24-46)60-32-17-31-59-63(60)51-27-13-16-30-56(51)70(59)47-35-38-57-52(41-47)49-25-11-14-28-54(49)68(57)44-19-5-2-6-20-44;3*1-2/h2-42H,1H3;3*1-2H3. The maximum absolute atomic E-state index is 5.25. The Morgan fingerprint density at radius 1 is 0.308 bits per heavy atom. The van der Waals surface area contributed by atoms with Crippen LogP contribution in [-0.2, 0) is 0 Å². The monoisotopic (exact) mass is 1010 g/mol. The van der Waals surface area contributed by atoms with Crippen LogP contribution in [0.5, 0.6) is 0 Å². The third-order valence-electron chi connectivity index (χ3n) is 14.9. The minimum atomic E-state index is 0.955. The van der Waals surface area contributed by atoms with Crippen LogP contribution in [0.4, 0.5) is 17.1 Å². The maximum atomic E-state index is 5.25. The Bertz CT molecular complexity index is 4630. The number of nitrogens with zero attached hydrogens (tertiary/aromatic N) is 6. The van der Waals surface area contributed by atoms with Crippen LogP contribution < -0.4 is 4.90 Å². The van der Waals surface area contributed by atoms with Crippen LogP contribution in [0.2, 0.25) is 0 Å². The quantitative estimate of drug-likeness (QED) is 0.159. The van der Waals surface area contributed by atoms with E-state index >= 15 is 0 Å². The highest BCUT2D eigenvalue weighted by molar-refractivity contribution is 6.21. The average molecular weight is 1010 g/mol. The summed E-state index contributed by atoms with van der Waals surface area (Å²) in [5, 5.41) is 8.32. The first-order valence-corrected chi connectivity index (χ1v) is 27.6. The van der Waals surface area contributed by atoms with Crippen LogP contribution >= 0.6 is 0 Å². The molecule has 0 saturated carbocycles. The minimum Gasteiger partial charge on any atom is -0.309 e. The molecule has 5 heterocycles. The topological polar surface area (TPSA) is 35.9 Å². The Hall–Kier alpha value is -9.65. The summed E-state index contributed by atoms with van der Waals surface area (Å²) in [5.41, 5.74) is 19.0. The number of fused-ring (bicyclic) bond motifs is 12. The van der Waals surface area contributed by atoms with Gasteiger partial charge in [-0.05, 0) is 134 Å². The highest BCUT2D eigenvalue weighted by Crippen LogP contribution is 2.49. The fraction of sp³-hybridized carbons (Fsp3) is 0.0972. The second kappa shape index (κ2) is 20.8. The summed E-state index contributed by atoms with van der Waals surface area (Å²) in [5.74, 6) is 0. The zero-order valence-corrected chi connectivity index (χ0v) is 45.4. The molecule has 15 aromatic rings. The summed E-state index contributed by atoms with van der Waals surface area (Å²) < 4.78 is 9.63. The molecule has 0 N–H and O–H groups in total. The highest BCUT2D eigenvalue weighted by Gasteiger charge is 2.27. The molecule has 0 spiro atoms. The van der Waals surface area contributed by atoms with Gasteiger partial charge in [0.15, 0.2) is 0 Å². The third-order valence-corrected chi connectivity index (χ3v) is 14.9. The Kier molecular flexibility index (Phi) is 13.1. The van der Waals surface area contributed by atoms with Crippen molar-refractivity contribution in [2.75, 3.05) is 4.90 Å². The molecule has 0 amide bonds. The van der Waals surface area contributed by atoms with Crippen molar-refractivity contribution >= 4 is 104 Å². The number of hydrogen-bond donors (Lipinski definition) is 0. The van der Waals surface area contributed by atoms with E-state index in [1.807, 2.05) is 47.7 Å². The van der Waals surface area contributed by atoms with Crippen LogP contribution in [0.1, 0.15) is 47.1 Å². The lowest BCUT2D eigenvalue weighted by Gasteiger charge is -2.29. The van der Waals surface area contributed by atoms with Crippen molar-refractivity contribution in [2.24, 2.45) is 0 Å². The van der Waals surface area contributed by atoms with Crippen LogP contribution in [0.25, 0.3) is 110 Å². The van der Waals surface area contributed by atoms with Crippen LogP contribution in [0, 0.1) is 6.92 Å². The summed E-state index contributed by atoms with van der Waals surface area (Å²) in [6, 6.07) is 88.1. The van der Waals surface area contributed by atoms with Gasteiger partial charge < -0.3 is 23.2 Å². The molecule has 0 unspecified atom stereocenters. The van der Waals surface area contributed by atoms with Gasteiger partial charge in [0, 0.05) is 67.0 Å². The number of para-hydroxylation sites is 6. The van der Waals surface area contributed by atoms with E-state index in [0.717, 1.165) is 78.3 Å². The molecule has 0 fully saturated rings. The summed E-state index contributed by atoms with van der Waals surface area (Å²) in [7, 11) is 0. The molecule has 380 valence electrons. The van der Waals surface area contributed by atoms with Crippen molar-refractivity contribution in [1.82, 2.24) is 23.3 Å². The first-order valence-electron chi connectivity index (χ1n) is 27.6. The second-order valence-electron chi connectivity index (χ2n) is 18.8. The molecule has 0 aliphatic heterocycles. The van der Waals surface area contributed by atoms with E-state index in [9.17, 15) is 0 Å². The van der Waals surface area contributed by atoms with Gasteiger partial charge in [-0.2, -0.15) is 0 Å². The number of rotatable bonds is 7. The molecular formula is C72H62N6. The molecular weight excluding hydrogens is 949 g/mol. The molecule has 0 radical (unpaired) electrons. The molecule has 0 aliphatic carbocycles. The number of hydrogen-bond acceptors (Lipinski definition) is 2. The molecule has 0 saturated heterocycles. The molecule has 0 bridgehead atoms. The summed E-state index contributed by atoms with van der Waals surface area (Å²) in [4.78, 5) is 7.74. The smallest absolute Gasteiger partial charge is 0.0984 e. The van der Waals surface area contributed by atoms with E-state index in [4.69, 9.17) is 4.98 Å². The molecule has 6 heteroatoms. The van der Waals surface area contributed by atoms with Crippen LogP contribution in [-0.4, -0.2) is 23.3 Å². The molecule has 10 aromatic carbocycles. The third kappa shape index (κ3) is 7.74. The number of benzene rings is 10. The van der Waals surface area contributed by atoms with E-state index in [-0.39, 0.29) is 0 Å². The van der Waals surface area contributed by atoms with Gasteiger partial charge in [0.25, 0.3) is 0 Å². The van der Waals surface area contributed by atoms with E-state index in [1.54, 1.807) is 0 Å². The van der Waals surface area contributed by atoms with Crippen molar-refractivity contribution in [3.05, 3.63) is 254 Å². The van der Waals surface area contributed by atoms with Gasteiger partial charge in [0.05, 0.1) is 66.4 Å². The normalized spacial score (nSPS) is 11.3. The summed E-state index contributed by atoms with van der Waals surface area (Å²) in [6.45, 7) is 14.2. The van der Waals surface area contributed by atoms with E-state index in [2.05, 4.69) is 273 Å². The molecule has 0 atom stereocenters. The van der Waals surface area contributed by atoms with Gasteiger partial charge in [-0.3, -0.25) is 4.98 Å². The number of anilines is 3. The van der Waals surface area contributed by atoms with E-state index < -0.39 is 0 Å². The first-order chi connectivity index (χ1) is 38.7. The average Bonchev–Trinajstić information content (AvgIpc) is 4.44. The Morgan fingerprint density at radius 2 is 0.718 bits per heavy atom. The lowest BCUT2D eigenvalue weighted by Crippen LogP contribution is -2.12. The SMILES string of the molecule is CC.CC.CC.Cc1ccc2c(c1N(c1ccccc1)c1cccc3c1c1ccccc1n3-c1ccc3c(c1)c1ccccc1n3-c1ccccc1)c1ncccc1n2-c1ccc2c(c1)c1ccccc1n2-c1ccccc1. The van der Waals surface area contributed by atoms with Crippen molar-refractivity contribution in [3.8, 4) is 22.7 Å². The maximum Gasteiger partial charge on any atom is 0.0984 e. The van der Waals surface area contributed by atoms with Crippen molar-refractivity contribution in [3.63, 3.8) is 0 Å². The summed E-state index contributed by atoms with van der Waals surface area (Å²) in [6.07, 6.45) is 1.93. The number of aromatic nitrogens is 5. The van der Waals surface area contributed by atoms with Gasteiger partial charge >= 0.3 is 0 Å². The van der Waals surface area contributed by atoms with E-state index in [0.29, 0.717) is 0 Å². The zero-order chi connectivity index (χ0) is 53.4. The van der Waals surface area contributed by atoms with Gasteiger partial charge in [0.2, 0.25) is 0 Å². The fourth-order valence-electron chi connectivity index (χ4n) is 11.9. The molecule has 15 rings (SSSR count). The highest BCUT2D eigenvalue weighted by atomic mass is 15.2. The Balaban J connectivity index is 0.000000984. The Labute approximate surface area is 455 Å². The second-order valence-corrected chi connectivity index (χ2v) is 18.8. The first kappa shape index (κ1) is 49.2. The Morgan fingerprint density at radius 3 is 1.28 bits per heavy atom. The van der Waals surface area contributed by atoms with Crippen molar-refractivity contribution in [2.45, 2.75) is 48.5 Å². The van der Waals surface area contributed by atoms with Gasteiger partial charge in [-0.25, -0.2) is 0 Å². The van der Waals surface area contributed by atoms with Gasteiger partial charge in [-0.15, -0.1) is 0 Å². The molecule has 6 nitrogen and oxygen atoms in total. The molecule has 5 aromatic heterocycles. The van der Waals surface area contributed by atoms with Crippen molar-refractivity contribution in [1.29, 1.82) is 0 Å². The lowest BCUT2D eigenvalue weighted by molar-refractivity contribution is 1.16. The van der Waals surface area contributed by atoms with Crippen LogP contribution in [0.3, 0.4) is 0 Å². The minimum absolute atomic E-state index is 0.955. The van der Waals surface area contributed by atoms with Crippen molar-refractivity contribution < 1.29 is 0 Å².